The fourth-order valence-electron chi connectivity index (χ4n) is 3.68. The van der Waals surface area contributed by atoms with Crippen LogP contribution in [-0.2, 0) is 10.2 Å². The summed E-state index contributed by atoms with van der Waals surface area (Å²) in [6.45, 7) is 14.3. The van der Waals surface area contributed by atoms with Gasteiger partial charge in [-0.15, -0.1) is 0 Å². The van der Waals surface area contributed by atoms with E-state index in [1.807, 2.05) is 12.1 Å². The summed E-state index contributed by atoms with van der Waals surface area (Å²) in [5, 5.41) is 6.88. The highest BCUT2D eigenvalue weighted by Crippen LogP contribution is 2.32. The van der Waals surface area contributed by atoms with Crippen LogP contribution in [0.5, 0.6) is 11.5 Å². The molecule has 7 heteroatoms. The molecule has 1 aliphatic rings. The summed E-state index contributed by atoms with van der Waals surface area (Å²) >= 11 is 0. The van der Waals surface area contributed by atoms with Gasteiger partial charge in [0.15, 0.2) is 17.5 Å². The number of nitrogens with one attached hydrogen (secondary N) is 2. The molecule has 7 nitrogen and oxygen atoms in total. The van der Waals surface area contributed by atoms with Crippen LogP contribution in [0.25, 0.3) is 0 Å². The summed E-state index contributed by atoms with van der Waals surface area (Å²) in [7, 11) is 5.11. The first kappa shape index (κ1) is 24.3. The molecular weight excluding hydrogens is 380 g/mol. The highest BCUT2D eigenvalue weighted by atomic mass is 16.5. The van der Waals surface area contributed by atoms with Gasteiger partial charge in [-0.05, 0) is 23.6 Å². The third-order valence-electron chi connectivity index (χ3n) is 5.43. The number of hydrogen-bond donors (Lipinski definition) is 2. The van der Waals surface area contributed by atoms with E-state index >= 15 is 0 Å². The Kier molecular flexibility index (Phi) is 9.24. The van der Waals surface area contributed by atoms with Gasteiger partial charge >= 0.3 is 0 Å². The summed E-state index contributed by atoms with van der Waals surface area (Å²) < 4.78 is 16.7. The molecule has 0 aliphatic carbocycles. The monoisotopic (exact) mass is 420 g/mol. The third-order valence-corrected chi connectivity index (χ3v) is 5.43. The zero-order valence-electron chi connectivity index (χ0n) is 19.7. The number of guanidine groups is 1. The Labute approximate surface area is 182 Å². The van der Waals surface area contributed by atoms with Crippen molar-refractivity contribution in [1.82, 2.24) is 15.5 Å². The highest BCUT2D eigenvalue weighted by molar-refractivity contribution is 5.79. The number of methoxy groups -OCH3 is 2. The van der Waals surface area contributed by atoms with Crippen molar-refractivity contribution in [3.05, 3.63) is 23.8 Å². The van der Waals surface area contributed by atoms with E-state index in [0.717, 1.165) is 56.8 Å². The number of benzene rings is 1. The van der Waals surface area contributed by atoms with E-state index in [1.54, 1.807) is 21.3 Å². The molecule has 170 valence electrons. The number of nitrogens with zero attached hydrogens (tertiary/aromatic N) is 2. The molecule has 2 N–H and O–H groups in total. The van der Waals surface area contributed by atoms with Crippen LogP contribution in [0.2, 0.25) is 0 Å². The van der Waals surface area contributed by atoms with Gasteiger partial charge in [-0.25, -0.2) is 0 Å². The van der Waals surface area contributed by atoms with E-state index in [2.05, 4.69) is 54.3 Å². The van der Waals surface area contributed by atoms with Gasteiger partial charge in [0.05, 0.1) is 26.9 Å². The Morgan fingerprint density at radius 3 is 2.60 bits per heavy atom. The van der Waals surface area contributed by atoms with Gasteiger partial charge in [-0.1, -0.05) is 33.8 Å². The Morgan fingerprint density at radius 2 is 1.97 bits per heavy atom. The Balaban J connectivity index is 1.88. The van der Waals surface area contributed by atoms with Crippen LogP contribution in [0.3, 0.4) is 0 Å². The number of rotatable bonds is 9. The van der Waals surface area contributed by atoms with Crippen LogP contribution in [0, 0.1) is 5.92 Å². The second kappa shape index (κ2) is 11.4. The Bertz CT molecular complexity index is 691. The Hall–Kier alpha value is -1.99. The molecule has 1 saturated heterocycles. The first-order valence-electron chi connectivity index (χ1n) is 10.8. The molecule has 0 saturated carbocycles. The van der Waals surface area contributed by atoms with E-state index in [4.69, 9.17) is 14.2 Å². The fraction of sp³-hybridized carbons (Fsp3) is 0.696. The minimum absolute atomic E-state index is 0.118. The average Bonchev–Trinajstić information content (AvgIpc) is 2.73. The highest BCUT2D eigenvalue weighted by Gasteiger charge is 2.24. The minimum Gasteiger partial charge on any atom is -0.493 e. The van der Waals surface area contributed by atoms with Crippen molar-refractivity contribution in [3.63, 3.8) is 0 Å². The van der Waals surface area contributed by atoms with Crippen LogP contribution in [0.4, 0.5) is 0 Å². The van der Waals surface area contributed by atoms with Crippen LogP contribution in [0.1, 0.15) is 33.3 Å². The van der Waals surface area contributed by atoms with Crippen molar-refractivity contribution in [2.45, 2.75) is 39.2 Å². The molecule has 30 heavy (non-hydrogen) atoms. The topological polar surface area (TPSA) is 67.4 Å². The second-order valence-corrected chi connectivity index (χ2v) is 8.91. The van der Waals surface area contributed by atoms with Crippen molar-refractivity contribution in [2.24, 2.45) is 10.9 Å². The molecule has 1 aromatic carbocycles. The maximum Gasteiger partial charge on any atom is 0.191 e. The normalized spacial score (nSPS) is 18.4. The van der Waals surface area contributed by atoms with Crippen LogP contribution < -0.4 is 20.1 Å². The molecule has 0 aromatic heterocycles. The van der Waals surface area contributed by atoms with E-state index in [1.165, 1.54) is 5.56 Å². The molecular formula is C23H40N4O3. The van der Waals surface area contributed by atoms with Gasteiger partial charge in [-0.2, -0.15) is 0 Å². The molecule has 1 atom stereocenters. The zero-order chi connectivity index (χ0) is 22.1. The van der Waals surface area contributed by atoms with E-state index < -0.39 is 0 Å². The molecule has 0 amide bonds. The average molecular weight is 421 g/mol. The molecule has 1 fully saturated rings. The van der Waals surface area contributed by atoms with Crippen molar-refractivity contribution in [2.75, 3.05) is 60.6 Å². The zero-order valence-corrected chi connectivity index (χ0v) is 19.7. The van der Waals surface area contributed by atoms with E-state index in [9.17, 15) is 0 Å². The standard InChI is InChI=1S/C23H40N4O3/c1-17(2)14-27-10-11-30-19(15-27)13-25-22(24-5)26-16-23(3,4)18-8-9-20(28-6)21(12-18)29-7/h8-9,12,17,19H,10-11,13-16H2,1-7H3,(H2,24,25,26). The smallest absolute Gasteiger partial charge is 0.191 e. The molecule has 1 unspecified atom stereocenters. The number of aliphatic imine (C=N–C) groups is 1. The molecule has 0 spiro atoms. The number of morpholine rings is 1. The SMILES string of the molecule is CN=C(NCC1CN(CC(C)C)CCO1)NCC(C)(C)c1ccc(OC)c(OC)c1. The van der Waals surface area contributed by atoms with Gasteiger partial charge < -0.3 is 24.8 Å². The van der Waals surface area contributed by atoms with Crippen LogP contribution >= 0.6 is 0 Å². The van der Waals surface area contributed by atoms with Crippen LogP contribution in [0.15, 0.2) is 23.2 Å². The van der Waals surface area contributed by atoms with Gasteiger partial charge in [0.25, 0.3) is 0 Å². The van der Waals surface area contributed by atoms with Gasteiger partial charge in [0, 0.05) is 45.2 Å². The van der Waals surface area contributed by atoms with E-state index in [0.29, 0.717) is 5.92 Å². The summed E-state index contributed by atoms with van der Waals surface area (Å²) in [5.74, 6) is 2.94. The summed E-state index contributed by atoms with van der Waals surface area (Å²) in [6, 6.07) is 6.07. The quantitative estimate of drug-likeness (QED) is 0.473. The maximum atomic E-state index is 5.93. The molecule has 0 radical (unpaired) electrons. The molecule has 1 aliphatic heterocycles. The minimum atomic E-state index is -0.118. The maximum absolute atomic E-state index is 5.93. The molecule has 1 aromatic rings. The van der Waals surface area contributed by atoms with Gasteiger partial charge in [0.1, 0.15) is 0 Å². The lowest BCUT2D eigenvalue weighted by Gasteiger charge is -2.34. The van der Waals surface area contributed by atoms with Crippen molar-refractivity contribution in [1.29, 1.82) is 0 Å². The largest absolute Gasteiger partial charge is 0.493 e. The van der Waals surface area contributed by atoms with Crippen molar-refractivity contribution >= 4 is 5.96 Å². The van der Waals surface area contributed by atoms with Crippen LogP contribution in [-0.4, -0.2) is 77.6 Å². The summed E-state index contributed by atoms with van der Waals surface area (Å²) in [6.07, 6.45) is 0.176. The lowest BCUT2D eigenvalue weighted by atomic mass is 9.84. The first-order chi connectivity index (χ1) is 14.3. The molecule has 0 bridgehead atoms. The number of ether oxygens (including phenoxy) is 3. The lowest BCUT2D eigenvalue weighted by molar-refractivity contribution is -0.0284. The predicted molar refractivity (Wildman–Crippen MR) is 123 cm³/mol. The third kappa shape index (κ3) is 7.06. The van der Waals surface area contributed by atoms with Crippen molar-refractivity contribution in [3.8, 4) is 11.5 Å². The van der Waals surface area contributed by atoms with Crippen molar-refractivity contribution < 1.29 is 14.2 Å². The molecule has 2 rings (SSSR count). The predicted octanol–water partition coefficient (Wildman–Crippen LogP) is 2.50. The lowest BCUT2D eigenvalue weighted by Crippen LogP contribution is -2.51. The molecule has 1 heterocycles. The first-order valence-corrected chi connectivity index (χ1v) is 10.8. The van der Waals surface area contributed by atoms with E-state index in [-0.39, 0.29) is 11.5 Å². The van der Waals surface area contributed by atoms with Gasteiger partial charge in [-0.3, -0.25) is 9.89 Å². The fourth-order valence-corrected chi connectivity index (χ4v) is 3.68. The Morgan fingerprint density at radius 1 is 1.23 bits per heavy atom. The summed E-state index contributed by atoms with van der Waals surface area (Å²) in [5.41, 5.74) is 1.05. The number of hydrogen-bond acceptors (Lipinski definition) is 5. The van der Waals surface area contributed by atoms with Gasteiger partial charge in [0.2, 0.25) is 0 Å². The summed E-state index contributed by atoms with van der Waals surface area (Å²) in [4.78, 5) is 6.86. The second-order valence-electron chi connectivity index (χ2n) is 8.91.